The fourth-order valence-electron chi connectivity index (χ4n) is 1.61. The van der Waals surface area contributed by atoms with Gasteiger partial charge in [-0.1, -0.05) is 29.8 Å². The number of nitrogens with zero attached hydrogens (tertiary/aromatic N) is 1. The molecule has 110 valence electrons. The molecular formula is C16H11ClFN3O. The van der Waals surface area contributed by atoms with Crippen molar-refractivity contribution in [3.8, 4) is 6.07 Å². The number of anilines is 2. The van der Waals surface area contributed by atoms with Crippen LogP contribution in [0.5, 0.6) is 0 Å². The molecule has 0 spiro atoms. The summed E-state index contributed by atoms with van der Waals surface area (Å²) in [4.78, 5) is 12.0. The standard InChI is InChI=1S/C16H11ClFN3O/c17-14-8-13(6-7-15(14)18)21-16(22)11(9-19)10-20-12-4-2-1-3-5-12/h1-8,10,20H,(H,21,22). The van der Waals surface area contributed by atoms with E-state index in [4.69, 9.17) is 16.9 Å². The van der Waals surface area contributed by atoms with Gasteiger partial charge in [-0.15, -0.1) is 0 Å². The molecule has 0 aliphatic heterocycles. The van der Waals surface area contributed by atoms with Crippen LogP contribution in [0.3, 0.4) is 0 Å². The predicted octanol–water partition coefficient (Wildman–Crippen LogP) is 3.94. The van der Waals surface area contributed by atoms with Crippen LogP contribution in [0.1, 0.15) is 0 Å². The summed E-state index contributed by atoms with van der Waals surface area (Å²) in [6.07, 6.45) is 1.30. The summed E-state index contributed by atoms with van der Waals surface area (Å²) >= 11 is 5.63. The Bertz CT molecular complexity index is 754. The van der Waals surface area contributed by atoms with Gasteiger partial charge < -0.3 is 10.6 Å². The van der Waals surface area contributed by atoms with Crippen LogP contribution in [0.15, 0.2) is 60.3 Å². The van der Waals surface area contributed by atoms with Crippen LogP contribution < -0.4 is 10.6 Å². The van der Waals surface area contributed by atoms with Gasteiger partial charge in [0.05, 0.1) is 5.02 Å². The molecule has 0 radical (unpaired) electrons. The van der Waals surface area contributed by atoms with E-state index in [1.54, 1.807) is 18.2 Å². The summed E-state index contributed by atoms with van der Waals surface area (Å²) in [6, 6.07) is 14.7. The molecule has 0 fully saturated rings. The fourth-order valence-corrected chi connectivity index (χ4v) is 1.79. The predicted molar refractivity (Wildman–Crippen MR) is 83.8 cm³/mol. The summed E-state index contributed by atoms with van der Waals surface area (Å²) in [7, 11) is 0. The summed E-state index contributed by atoms with van der Waals surface area (Å²) in [5.74, 6) is -1.20. The molecule has 0 saturated carbocycles. The molecule has 6 heteroatoms. The maximum Gasteiger partial charge on any atom is 0.267 e. The number of hydrogen-bond donors (Lipinski definition) is 2. The third kappa shape index (κ3) is 4.08. The van der Waals surface area contributed by atoms with Gasteiger partial charge in [-0.25, -0.2) is 4.39 Å². The smallest absolute Gasteiger partial charge is 0.267 e. The zero-order chi connectivity index (χ0) is 15.9. The molecule has 0 unspecified atom stereocenters. The summed E-state index contributed by atoms with van der Waals surface area (Å²) in [5.41, 5.74) is 0.925. The number of amides is 1. The number of para-hydroxylation sites is 1. The minimum Gasteiger partial charge on any atom is -0.360 e. The van der Waals surface area contributed by atoms with Gasteiger partial charge >= 0.3 is 0 Å². The largest absolute Gasteiger partial charge is 0.360 e. The van der Waals surface area contributed by atoms with E-state index in [1.165, 1.54) is 18.3 Å². The van der Waals surface area contributed by atoms with E-state index in [1.807, 2.05) is 18.2 Å². The number of rotatable bonds is 4. The maximum absolute atomic E-state index is 13.1. The number of carbonyl (C=O) groups is 1. The summed E-state index contributed by atoms with van der Waals surface area (Å²) in [6.45, 7) is 0. The second-order valence-corrected chi connectivity index (χ2v) is 4.67. The zero-order valence-electron chi connectivity index (χ0n) is 11.3. The van der Waals surface area contributed by atoms with Crippen molar-refractivity contribution in [3.05, 3.63) is 71.1 Å². The number of nitrogens with one attached hydrogen (secondary N) is 2. The lowest BCUT2D eigenvalue weighted by molar-refractivity contribution is -0.112. The van der Waals surface area contributed by atoms with E-state index < -0.39 is 11.7 Å². The lowest BCUT2D eigenvalue weighted by Gasteiger charge is -2.06. The summed E-state index contributed by atoms with van der Waals surface area (Å²) < 4.78 is 13.1. The minimum atomic E-state index is -0.617. The second kappa shape index (κ2) is 7.25. The van der Waals surface area contributed by atoms with Crippen molar-refractivity contribution in [3.63, 3.8) is 0 Å². The Morgan fingerprint density at radius 2 is 1.91 bits per heavy atom. The first-order valence-electron chi connectivity index (χ1n) is 6.28. The number of carbonyl (C=O) groups excluding carboxylic acids is 1. The molecule has 1 amide bonds. The zero-order valence-corrected chi connectivity index (χ0v) is 12.1. The van der Waals surface area contributed by atoms with Crippen molar-refractivity contribution in [1.29, 1.82) is 5.26 Å². The van der Waals surface area contributed by atoms with Crippen molar-refractivity contribution in [2.75, 3.05) is 10.6 Å². The highest BCUT2D eigenvalue weighted by molar-refractivity contribution is 6.31. The van der Waals surface area contributed by atoms with Crippen LogP contribution in [0.4, 0.5) is 15.8 Å². The molecule has 2 N–H and O–H groups in total. The molecule has 0 aromatic heterocycles. The van der Waals surface area contributed by atoms with Gasteiger partial charge in [-0.3, -0.25) is 4.79 Å². The first kappa shape index (κ1) is 15.5. The summed E-state index contributed by atoms with van der Waals surface area (Å²) in [5, 5.41) is 14.3. The average Bonchev–Trinajstić information content (AvgIpc) is 2.52. The molecule has 0 heterocycles. The van der Waals surface area contributed by atoms with Gasteiger partial charge in [0.15, 0.2) is 0 Å². The van der Waals surface area contributed by atoms with E-state index in [2.05, 4.69) is 10.6 Å². The monoisotopic (exact) mass is 315 g/mol. The number of halogens is 2. The van der Waals surface area contributed by atoms with Crippen molar-refractivity contribution in [1.82, 2.24) is 0 Å². The molecule has 2 rings (SSSR count). The van der Waals surface area contributed by atoms with E-state index in [0.29, 0.717) is 5.69 Å². The van der Waals surface area contributed by atoms with Crippen LogP contribution in [0, 0.1) is 17.1 Å². The lowest BCUT2D eigenvalue weighted by atomic mass is 10.2. The Balaban J connectivity index is 2.08. The van der Waals surface area contributed by atoms with Crippen LogP contribution in [0.2, 0.25) is 5.02 Å². The molecule has 0 aliphatic rings. The topological polar surface area (TPSA) is 64.9 Å². The lowest BCUT2D eigenvalue weighted by Crippen LogP contribution is -2.14. The molecule has 4 nitrogen and oxygen atoms in total. The Hall–Kier alpha value is -2.84. The van der Waals surface area contributed by atoms with Gasteiger partial charge in [0.25, 0.3) is 5.91 Å². The molecular weight excluding hydrogens is 305 g/mol. The quantitative estimate of drug-likeness (QED) is 0.663. The van der Waals surface area contributed by atoms with E-state index in [-0.39, 0.29) is 10.6 Å². The fraction of sp³-hybridized carbons (Fsp3) is 0. The van der Waals surface area contributed by atoms with E-state index >= 15 is 0 Å². The number of nitriles is 1. The molecule has 0 saturated heterocycles. The van der Waals surface area contributed by atoms with Gasteiger partial charge in [-0.05, 0) is 30.3 Å². The van der Waals surface area contributed by atoms with Crippen LogP contribution in [-0.2, 0) is 4.79 Å². The average molecular weight is 316 g/mol. The number of hydrogen-bond acceptors (Lipinski definition) is 3. The molecule has 0 bridgehead atoms. The van der Waals surface area contributed by atoms with Crippen LogP contribution >= 0.6 is 11.6 Å². The molecule has 2 aromatic carbocycles. The highest BCUT2D eigenvalue weighted by Gasteiger charge is 2.10. The molecule has 0 aliphatic carbocycles. The Morgan fingerprint density at radius 1 is 1.18 bits per heavy atom. The highest BCUT2D eigenvalue weighted by Crippen LogP contribution is 2.19. The maximum atomic E-state index is 13.1. The van der Waals surface area contributed by atoms with Crippen LogP contribution in [-0.4, -0.2) is 5.91 Å². The number of benzene rings is 2. The third-order valence-corrected chi connectivity index (χ3v) is 2.99. The van der Waals surface area contributed by atoms with Crippen molar-refractivity contribution >= 4 is 28.9 Å². The van der Waals surface area contributed by atoms with Gasteiger partial charge in [0.1, 0.15) is 17.5 Å². The normalized spacial score (nSPS) is 10.7. The van der Waals surface area contributed by atoms with Crippen molar-refractivity contribution < 1.29 is 9.18 Å². The third-order valence-electron chi connectivity index (χ3n) is 2.70. The van der Waals surface area contributed by atoms with E-state index in [9.17, 15) is 9.18 Å². The van der Waals surface area contributed by atoms with Gasteiger partial charge in [0, 0.05) is 17.6 Å². The Kier molecular flexibility index (Phi) is 5.12. The van der Waals surface area contributed by atoms with Crippen molar-refractivity contribution in [2.24, 2.45) is 0 Å². The van der Waals surface area contributed by atoms with Gasteiger partial charge in [0.2, 0.25) is 0 Å². The first-order valence-corrected chi connectivity index (χ1v) is 6.66. The SMILES string of the molecule is N#CC(=CNc1ccccc1)C(=O)Nc1ccc(F)c(Cl)c1. The van der Waals surface area contributed by atoms with Crippen LogP contribution in [0.25, 0.3) is 0 Å². The first-order chi connectivity index (χ1) is 10.6. The van der Waals surface area contributed by atoms with E-state index in [0.717, 1.165) is 11.8 Å². The van der Waals surface area contributed by atoms with Crippen molar-refractivity contribution in [2.45, 2.75) is 0 Å². The molecule has 22 heavy (non-hydrogen) atoms. The van der Waals surface area contributed by atoms with Gasteiger partial charge in [-0.2, -0.15) is 5.26 Å². The molecule has 0 atom stereocenters. The second-order valence-electron chi connectivity index (χ2n) is 4.26. The minimum absolute atomic E-state index is 0.109. The Labute approximate surface area is 131 Å². The molecule has 2 aromatic rings. The Morgan fingerprint density at radius 3 is 2.55 bits per heavy atom. The highest BCUT2D eigenvalue weighted by atomic mass is 35.5.